The lowest BCUT2D eigenvalue weighted by Crippen LogP contribution is -2.27. The Balaban J connectivity index is 0.000000240. The number of hydrogen-bond acceptors (Lipinski definition) is 4. The molecular formula is C15H28O4S2. The first-order valence-electron chi connectivity index (χ1n) is 8.01. The molecule has 1 saturated heterocycles. The van der Waals surface area contributed by atoms with Gasteiger partial charge in [0.25, 0.3) is 0 Å². The van der Waals surface area contributed by atoms with Gasteiger partial charge in [0.1, 0.15) is 11.0 Å². The molecule has 2 unspecified atom stereocenters. The standard InChI is InChI=1S/C11H19OS.C4H10O3S/c12-7-9-13-8-3-6-11(13)10-4-1-2-5-10;1-2-3-4-8(5,6)7/h7,10-11H,1-6,8-9H2;2-4H2,1H3,(H,5,6,7)/q+1;/p-1. The van der Waals surface area contributed by atoms with Crippen molar-refractivity contribution in [3.63, 3.8) is 0 Å². The van der Waals surface area contributed by atoms with Crippen LogP contribution < -0.4 is 0 Å². The van der Waals surface area contributed by atoms with Gasteiger partial charge in [0.15, 0.2) is 12.0 Å². The monoisotopic (exact) mass is 336 g/mol. The van der Waals surface area contributed by atoms with Crippen molar-refractivity contribution < 1.29 is 17.8 Å². The molecule has 2 aliphatic rings. The van der Waals surface area contributed by atoms with Crippen molar-refractivity contribution >= 4 is 27.3 Å². The summed E-state index contributed by atoms with van der Waals surface area (Å²) in [4.78, 5) is 10.5. The fraction of sp³-hybridized carbons (Fsp3) is 0.933. The van der Waals surface area contributed by atoms with E-state index >= 15 is 0 Å². The molecule has 1 heterocycles. The molecule has 4 nitrogen and oxygen atoms in total. The maximum atomic E-state index is 10.5. The molecule has 1 aliphatic heterocycles. The molecule has 0 aromatic rings. The molecule has 0 spiro atoms. The average molecular weight is 337 g/mol. The summed E-state index contributed by atoms with van der Waals surface area (Å²) in [6.45, 7) is 1.84. The van der Waals surface area contributed by atoms with E-state index in [2.05, 4.69) is 0 Å². The van der Waals surface area contributed by atoms with Crippen LogP contribution in [0.3, 0.4) is 0 Å². The maximum absolute atomic E-state index is 10.5. The Morgan fingerprint density at radius 1 is 1.19 bits per heavy atom. The second kappa shape index (κ2) is 9.85. The number of aldehydes is 1. The minimum atomic E-state index is -3.94. The van der Waals surface area contributed by atoms with E-state index < -0.39 is 10.1 Å². The number of rotatable bonds is 6. The van der Waals surface area contributed by atoms with E-state index in [-0.39, 0.29) is 5.75 Å². The van der Waals surface area contributed by atoms with Crippen molar-refractivity contribution in [2.45, 2.75) is 63.5 Å². The van der Waals surface area contributed by atoms with Gasteiger partial charge in [0.05, 0.1) is 10.1 Å². The summed E-state index contributed by atoms with van der Waals surface area (Å²) in [7, 11) is -3.46. The summed E-state index contributed by atoms with van der Waals surface area (Å²) in [6.07, 6.45) is 11.0. The van der Waals surface area contributed by atoms with Gasteiger partial charge < -0.3 is 4.55 Å². The lowest BCUT2D eigenvalue weighted by atomic mass is 10.0. The molecule has 0 N–H and O–H groups in total. The first-order chi connectivity index (χ1) is 9.98. The Bertz CT molecular complexity index is 388. The van der Waals surface area contributed by atoms with E-state index in [1.807, 2.05) is 6.92 Å². The van der Waals surface area contributed by atoms with Gasteiger partial charge in [-0.25, -0.2) is 8.42 Å². The van der Waals surface area contributed by atoms with Gasteiger partial charge in [0, 0.05) is 11.7 Å². The lowest BCUT2D eigenvalue weighted by molar-refractivity contribution is -0.105. The van der Waals surface area contributed by atoms with Gasteiger partial charge >= 0.3 is 0 Å². The third-order valence-corrected chi connectivity index (χ3v) is 7.92. The molecule has 0 amide bonds. The molecule has 6 heteroatoms. The minimum Gasteiger partial charge on any atom is -0.748 e. The molecule has 2 fully saturated rings. The predicted molar refractivity (Wildman–Crippen MR) is 87.6 cm³/mol. The molecule has 0 radical (unpaired) electrons. The molecule has 0 bridgehead atoms. The third-order valence-electron chi connectivity index (χ3n) is 4.28. The molecule has 124 valence electrons. The SMILES string of the molecule is CCCCS(=O)(=O)[O-].O=CC[S+]1CCCC1C1CCCC1. The Labute approximate surface area is 132 Å². The maximum Gasteiger partial charge on any atom is 0.169 e. The van der Waals surface area contributed by atoms with Crippen LogP contribution in [0.25, 0.3) is 0 Å². The summed E-state index contributed by atoms with van der Waals surface area (Å²) >= 11 is 0. The van der Waals surface area contributed by atoms with Crippen LogP contribution in [0, 0.1) is 5.92 Å². The van der Waals surface area contributed by atoms with Crippen molar-refractivity contribution in [3.05, 3.63) is 0 Å². The highest BCUT2D eigenvalue weighted by Crippen LogP contribution is 2.37. The predicted octanol–water partition coefficient (Wildman–Crippen LogP) is 2.49. The summed E-state index contributed by atoms with van der Waals surface area (Å²) in [5.74, 6) is 2.98. The van der Waals surface area contributed by atoms with Crippen LogP contribution in [0.1, 0.15) is 58.3 Å². The second-order valence-corrected chi connectivity index (χ2v) is 9.86. The van der Waals surface area contributed by atoms with E-state index in [1.165, 1.54) is 44.3 Å². The lowest BCUT2D eigenvalue weighted by Gasteiger charge is -2.16. The Morgan fingerprint density at radius 3 is 2.33 bits per heavy atom. The zero-order valence-electron chi connectivity index (χ0n) is 13.0. The van der Waals surface area contributed by atoms with Crippen molar-refractivity contribution in [2.24, 2.45) is 5.92 Å². The smallest absolute Gasteiger partial charge is 0.169 e. The van der Waals surface area contributed by atoms with E-state index in [9.17, 15) is 17.8 Å². The van der Waals surface area contributed by atoms with Gasteiger partial charge in [-0.15, -0.1) is 0 Å². The van der Waals surface area contributed by atoms with Crippen LogP contribution in [0.5, 0.6) is 0 Å². The van der Waals surface area contributed by atoms with Crippen LogP contribution in [-0.2, 0) is 25.8 Å². The number of hydrogen-bond donors (Lipinski definition) is 0. The van der Waals surface area contributed by atoms with Crippen molar-refractivity contribution in [2.75, 3.05) is 17.3 Å². The zero-order chi connectivity index (χ0) is 15.7. The molecule has 1 saturated carbocycles. The summed E-state index contributed by atoms with van der Waals surface area (Å²) in [6, 6.07) is 0. The molecule has 21 heavy (non-hydrogen) atoms. The van der Waals surface area contributed by atoms with Crippen LogP contribution in [0.15, 0.2) is 0 Å². The topological polar surface area (TPSA) is 74.3 Å². The number of carbonyl (C=O) groups excluding carboxylic acids is 1. The summed E-state index contributed by atoms with van der Waals surface area (Å²) in [5, 5.41) is 0.938. The minimum absolute atomic E-state index is 0.219. The van der Waals surface area contributed by atoms with Crippen molar-refractivity contribution in [3.8, 4) is 0 Å². The summed E-state index contributed by atoms with van der Waals surface area (Å²) in [5.41, 5.74) is 0. The van der Waals surface area contributed by atoms with Gasteiger partial charge in [-0.05, 0) is 43.0 Å². The van der Waals surface area contributed by atoms with Gasteiger partial charge in [-0.2, -0.15) is 0 Å². The van der Waals surface area contributed by atoms with E-state index in [0.717, 1.165) is 29.6 Å². The number of unbranched alkanes of at least 4 members (excludes halogenated alkanes) is 1. The van der Waals surface area contributed by atoms with E-state index in [4.69, 9.17) is 0 Å². The highest BCUT2D eigenvalue weighted by atomic mass is 32.2. The second-order valence-electron chi connectivity index (χ2n) is 5.92. The molecule has 0 aromatic carbocycles. The fourth-order valence-electron chi connectivity index (χ4n) is 3.24. The Kier molecular flexibility index (Phi) is 8.90. The van der Waals surface area contributed by atoms with Crippen molar-refractivity contribution in [1.29, 1.82) is 0 Å². The van der Waals surface area contributed by atoms with Crippen LogP contribution in [0.2, 0.25) is 0 Å². The van der Waals surface area contributed by atoms with Gasteiger partial charge in [-0.1, -0.05) is 26.2 Å². The first-order valence-corrected chi connectivity index (χ1v) is 11.2. The van der Waals surface area contributed by atoms with Crippen LogP contribution >= 0.6 is 0 Å². The summed E-state index contributed by atoms with van der Waals surface area (Å²) < 4.78 is 29.5. The molecule has 2 rings (SSSR count). The van der Waals surface area contributed by atoms with Gasteiger partial charge in [0.2, 0.25) is 0 Å². The van der Waals surface area contributed by atoms with Crippen LogP contribution in [0.4, 0.5) is 0 Å². The fourth-order valence-corrected chi connectivity index (χ4v) is 6.63. The molecule has 2 atom stereocenters. The van der Waals surface area contributed by atoms with Gasteiger partial charge in [-0.3, -0.25) is 4.79 Å². The quantitative estimate of drug-likeness (QED) is 0.424. The normalized spacial score (nSPS) is 26.4. The number of carbonyl (C=O) groups is 1. The largest absolute Gasteiger partial charge is 0.748 e. The van der Waals surface area contributed by atoms with Crippen LogP contribution in [-0.4, -0.2) is 41.8 Å². The highest BCUT2D eigenvalue weighted by Gasteiger charge is 2.41. The average Bonchev–Trinajstić information content (AvgIpc) is 3.06. The third kappa shape index (κ3) is 7.66. The first kappa shape index (κ1) is 19.0. The Morgan fingerprint density at radius 2 is 1.86 bits per heavy atom. The van der Waals surface area contributed by atoms with E-state index in [0.29, 0.717) is 17.3 Å². The highest BCUT2D eigenvalue weighted by molar-refractivity contribution is 7.98. The molecule has 1 aliphatic carbocycles. The molecular weight excluding hydrogens is 308 g/mol. The Hall–Kier alpha value is -0.0700. The molecule has 0 aromatic heterocycles. The van der Waals surface area contributed by atoms with E-state index in [1.54, 1.807) is 0 Å². The zero-order valence-corrected chi connectivity index (χ0v) is 14.6. The van der Waals surface area contributed by atoms with Crippen molar-refractivity contribution in [1.82, 2.24) is 0 Å².